The fourth-order valence-electron chi connectivity index (χ4n) is 8.74. The average molecular weight is 694 g/mol. The molecule has 1 aliphatic carbocycles. The monoisotopic (exact) mass is 693 g/mol. The van der Waals surface area contributed by atoms with Crippen LogP contribution in [-0.2, 0) is 5.41 Å². The van der Waals surface area contributed by atoms with Crippen LogP contribution in [-0.4, -0.2) is 4.57 Å². The first-order chi connectivity index (χ1) is 26.6. The Hall–Kier alpha value is -6.84. The maximum absolute atomic E-state index is 2.46. The number of hydrogen-bond donors (Lipinski definition) is 0. The van der Waals surface area contributed by atoms with Gasteiger partial charge in [0.15, 0.2) is 0 Å². The minimum atomic E-state index is -0.172. The van der Waals surface area contributed by atoms with E-state index in [1.54, 1.807) is 0 Å². The Labute approximate surface area is 316 Å². The summed E-state index contributed by atoms with van der Waals surface area (Å²) in [7, 11) is 0. The molecule has 0 aliphatic heterocycles. The van der Waals surface area contributed by atoms with Crippen LogP contribution in [0.5, 0.6) is 0 Å². The van der Waals surface area contributed by atoms with Gasteiger partial charge in [-0.25, -0.2) is 0 Å². The lowest BCUT2D eigenvalue weighted by molar-refractivity contribution is 0.666. The highest BCUT2D eigenvalue weighted by Gasteiger charge is 2.38. The minimum absolute atomic E-state index is 0.172. The van der Waals surface area contributed by atoms with Crippen molar-refractivity contribution in [2.45, 2.75) is 19.3 Å². The molecule has 3 nitrogen and oxygen atoms in total. The number of fused-ring (bicyclic) bond motifs is 7. The number of anilines is 6. The Bertz CT molecular complexity index is 2690. The van der Waals surface area contributed by atoms with Gasteiger partial charge in [-0.3, -0.25) is 0 Å². The van der Waals surface area contributed by atoms with Crippen LogP contribution < -0.4 is 9.80 Å². The van der Waals surface area contributed by atoms with E-state index in [0.29, 0.717) is 0 Å². The van der Waals surface area contributed by atoms with Gasteiger partial charge in [-0.05, 0) is 119 Å². The second-order valence-corrected chi connectivity index (χ2v) is 14.6. The van der Waals surface area contributed by atoms with Crippen molar-refractivity contribution in [1.29, 1.82) is 0 Å². The Morgan fingerprint density at radius 3 is 1.39 bits per heavy atom. The molecular weight excluding hydrogens is 655 g/mol. The standard InChI is InChI=1S/C51H39N3/c1-51(2)46-26-16-15-25-43(46)44-32-34-48-49(50(44)51)45-35-42(53(38-21-11-5-12-22-38)39-23-13-6-14-24-39)31-33-47(45)54(48)41-29-27-40(28-30-41)52(36-17-7-3-8-18-36)37-19-9-4-10-20-37/h3-35H,1-2H3. The molecule has 0 bridgehead atoms. The van der Waals surface area contributed by atoms with E-state index >= 15 is 0 Å². The molecule has 3 heteroatoms. The summed E-state index contributed by atoms with van der Waals surface area (Å²) in [5, 5.41) is 2.56. The van der Waals surface area contributed by atoms with E-state index in [2.05, 4.69) is 228 Å². The zero-order valence-electron chi connectivity index (χ0n) is 30.4. The van der Waals surface area contributed by atoms with Gasteiger partial charge in [-0.15, -0.1) is 0 Å². The summed E-state index contributed by atoms with van der Waals surface area (Å²) >= 11 is 0. The number of benzene rings is 8. The molecule has 0 spiro atoms. The highest BCUT2D eigenvalue weighted by molar-refractivity contribution is 6.15. The number of nitrogens with zero attached hydrogens (tertiary/aromatic N) is 3. The smallest absolute Gasteiger partial charge is 0.0544 e. The van der Waals surface area contributed by atoms with E-state index in [-0.39, 0.29) is 5.41 Å². The molecular formula is C51H39N3. The Morgan fingerprint density at radius 1 is 0.389 bits per heavy atom. The van der Waals surface area contributed by atoms with E-state index in [4.69, 9.17) is 0 Å². The van der Waals surface area contributed by atoms with Gasteiger partial charge >= 0.3 is 0 Å². The first-order valence-electron chi connectivity index (χ1n) is 18.7. The van der Waals surface area contributed by atoms with Crippen molar-refractivity contribution in [2.24, 2.45) is 0 Å². The lowest BCUT2D eigenvalue weighted by atomic mass is 9.80. The predicted octanol–water partition coefficient (Wildman–Crippen LogP) is 14.0. The fraction of sp³-hybridized carbons (Fsp3) is 0.0588. The van der Waals surface area contributed by atoms with Gasteiger partial charge in [-0.2, -0.15) is 0 Å². The van der Waals surface area contributed by atoms with E-state index in [0.717, 1.165) is 39.8 Å². The Morgan fingerprint density at radius 2 is 0.833 bits per heavy atom. The molecule has 1 heterocycles. The quantitative estimate of drug-likeness (QED) is 0.165. The summed E-state index contributed by atoms with van der Waals surface area (Å²) in [6, 6.07) is 72.2. The van der Waals surface area contributed by atoms with E-state index < -0.39 is 0 Å². The zero-order chi connectivity index (χ0) is 36.2. The lowest BCUT2D eigenvalue weighted by Crippen LogP contribution is -2.15. The van der Waals surface area contributed by atoms with E-state index in [1.807, 2.05) is 0 Å². The number of hydrogen-bond acceptors (Lipinski definition) is 2. The van der Waals surface area contributed by atoms with Crippen LogP contribution in [0.1, 0.15) is 25.0 Å². The molecule has 0 saturated carbocycles. The molecule has 258 valence electrons. The first-order valence-corrected chi connectivity index (χ1v) is 18.7. The number of rotatable bonds is 7. The molecule has 10 rings (SSSR count). The summed E-state index contributed by atoms with van der Waals surface area (Å²) in [5.74, 6) is 0. The zero-order valence-corrected chi connectivity index (χ0v) is 30.4. The summed E-state index contributed by atoms with van der Waals surface area (Å²) in [5.41, 5.74) is 15.5. The molecule has 1 aromatic heterocycles. The maximum Gasteiger partial charge on any atom is 0.0544 e. The summed E-state index contributed by atoms with van der Waals surface area (Å²) in [6.45, 7) is 4.78. The Kier molecular flexibility index (Phi) is 7.48. The molecule has 0 unspecified atom stereocenters. The van der Waals surface area contributed by atoms with Crippen molar-refractivity contribution in [2.75, 3.05) is 9.80 Å². The van der Waals surface area contributed by atoms with Crippen LogP contribution in [0.3, 0.4) is 0 Å². The van der Waals surface area contributed by atoms with Crippen LogP contribution in [0.2, 0.25) is 0 Å². The summed E-state index contributed by atoms with van der Waals surface area (Å²) < 4.78 is 2.46. The number of aromatic nitrogens is 1. The van der Waals surface area contributed by atoms with Crippen molar-refractivity contribution in [3.05, 3.63) is 211 Å². The van der Waals surface area contributed by atoms with E-state index in [1.165, 1.54) is 44.1 Å². The molecule has 0 fully saturated rings. The van der Waals surface area contributed by atoms with Crippen LogP contribution in [0.4, 0.5) is 34.1 Å². The molecule has 54 heavy (non-hydrogen) atoms. The van der Waals surface area contributed by atoms with Gasteiger partial charge in [0.1, 0.15) is 0 Å². The first kappa shape index (κ1) is 31.9. The van der Waals surface area contributed by atoms with Crippen LogP contribution in [0, 0.1) is 0 Å². The number of para-hydroxylation sites is 4. The average Bonchev–Trinajstić information content (AvgIpc) is 3.68. The molecule has 0 N–H and O–H groups in total. The normalized spacial score (nSPS) is 12.8. The van der Waals surface area contributed by atoms with Gasteiger partial charge in [0.2, 0.25) is 0 Å². The fourth-order valence-corrected chi connectivity index (χ4v) is 8.74. The van der Waals surface area contributed by atoms with Crippen LogP contribution >= 0.6 is 0 Å². The third kappa shape index (κ3) is 5.04. The van der Waals surface area contributed by atoms with Gasteiger partial charge in [0.05, 0.1) is 11.0 Å². The molecule has 1 aliphatic rings. The molecule has 0 amide bonds. The van der Waals surface area contributed by atoms with Crippen LogP contribution in [0.25, 0.3) is 38.6 Å². The van der Waals surface area contributed by atoms with Crippen LogP contribution in [0.15, 0.2) is 200 Å². The molecule has 0 saturated heterocycles. The second-order valence-electron chi connectivity index (χ2n) is 14.6. The van der Waals surface area contributed by atoms with Crippen molar-refractivity contribution in [1.82, 2.24) is 4.57 Å². The van der Waals surface area contributed by atoms with Crippen molar-refractivity contribution in [3.8, 4) is 16.8 Å². The highest BCUT2D eigenvalue weighted by Crippen LogP contribution is 2.53. The molecule has 0 radical (unpaired) electrons. The second kappa shape index (κ2) is 12.7. The SMILES string of the molecule is CC1(C)c2ccccc2-c2ccc3c(c21)c1cc(N(c2ccccc2)c2ccccc2)ccc1n3-c1ccc(N(c2ccccc2)c2ccccc2)cc1. The van der Waals surface area contributed by atoms with Gasteiger partial charge in [0.25, 0.3) is 0 Å². The largest absolute Gasteiger partial charge is 0.311 e. The predicted molar refractivity (Wildman–Crippen MR) is 228 cm³/mol. The van der Waals surface area contributed by atoms with Crippen molar-refractivity contribution < 1.29 is 0 Å². The maximum atomic E-state index is 2.46. The van der Waals surface area contributed by atoms with Gasteiger partial charge in [-0.1, -0.05) is 117 Å². The van der Waals surface area contributed by atoms with Crippen molar-refractivity contribution >= 4 is 55.9 Å². The third-order valence-electron chi connectivity index (χ3n) is 11.1. The summed E-state index contributed by atoms with van der Waals surface area (Å²) in [4.78, 5) is 4.68. The van der Waals surface area contributed by atoms with E-state index in [9.17, 15) is 0 Å². The molecule has 8 aromatic carbocycles. The highest BCUT2D eigenvalue weighted by atomic mass is 15.1. The van der Waals surface area contributed by atoms with Crippen molar-refractivity contribution in [3.63, 3.8) is 0 Å². The van der Waals surface area contributed by atoms with Gasteiger partial charge < -0.3 is 14.4 Å². The lowest BCUT2D eigenvalue weighted by Gasteiger charge is -2.26. The third-order valence-corrected chi connectivity index (χ3v) is 11.1. The topological polar surface area (TPSA) is 11.4 Å². The molecule has 0 atom stereocenters. The van der Waals surface area contributed by atoms with Gasteiger partial charge in [0, 0.05) is 56.0 Å². The Balaban J connectivity index is 1.21. The minimum Gasteiger partial charge on any atom is -0.311 e. The molecule has 9 aromatic rings. The summed E-state index contributed by atoms with van der Waals surface area (Å²) in [6.07, 6.45) is 0.